The van der Waals surface area contributed by atoms with Gasteiger partial charge < -0.3 is 28.4 Å². The minimum atomic E-state index is -0.262. The van der Waals surface area contributed by atoms with Crippen LogP contribution in [0.2, 0.25) is 0 Å². The molecule has 0 radical (unpaired) electrons. The fraction of sp³-hybridized carbons (Fsp3) is 0.357. The van der Waals surface area contributed by atoms with Gasteiger partial charge in [-0.2, -0.15) is 0 Å². The topological polar surface area (TPSA) is 55.4 Å². The van der Waals surface area contributed by atoms with Crippen LogP contribution in [0.3, 0.4) is 0 Å². The van der Waals surface area contributed by atoms with Gasteiger partial charge in [0.2, 0.25) is 0 Å². The lowest BCUT2D eigenvalue weighted by atomic mass is 10.0. The summed E-state index contributed by atoms with van der Waals surface area (Å²) in [5.41, 5.74) is 3.09. The van der Waals surface area contributed by atoms with E-state index in [0.717, 1.165) is 16.7 Å². The Morgan fingerprint density at radius 2 is 1.35 bits per heavy atom. The molecule has 1 fully saturated rings. The predicted octanol–water partition coefficient (Wildman–Crippen LogP) is 5.34. The number of benzene rings is 3. The maximum atomic E-state index is 6.49. The molecular weight excluding hydrogens is 432 g/mol. The molecule has 0 bridgehead atoms. The quantitative estimate of drug-likeness (QED) is 0.382. The van der Waals surface area contributed by atoms with Gasteiger partial charge >= 0.3 is 0 Å². The molecule has 0 aromatic heterocycles. The van der Waals surface area contributed by atoms with Crippen LogP contribution in [0.4, 0.5) is 0 Å². The van der Waals surface area contributed by atoms with Crippen molar-refractivity contribution < 1.29 is 28.4 Å². The summed E-state index contributed by atoms with van der Waals surface area (Å²) >= 11 is 0. The second kappa shape index (κ2) is 11.9. The molecule has 3 atom stereocenters. The molecule has 4 rings (SSSR count). The highest BCUT2D eigenvalue weighted by molar-refractivity contribution is 5.52. The lowest BCUT2D eigenvalue weighted by Crippen LogP contribution is -2.29. The molecule has 1 aliphatic rings. The van der Waals surface area contributed by atoms with Crippen molar-refractivity contribution in [1.29, 1.82) is 0 Å². The Bertz CT molecular complexity index is 999. The summed E-state index contributed by atoms with van der Waals surface area (Å²) in [5.74, 6) is 1.98. The van der Waals surface area contributed by atoms with Crippen LogP contribution in [0.5, 0.6) is 17.2 Å². The zero-order chi connectivity index (χ0) is 23.8. The first-order chi connectivity index (χ1) is 16.7. The van der Waals surface area contributed by atoms with Crippen LogP contribution in [0.25, 0.3) is 0 Å². The van der Waals surface area contributed by atoms with E-state index in [4.69, 9.17) is 28.4 Å². The van der Waals surface area contributed by atoms with Gasteiger partial charge in [-0.15, -0.1) is 0 Å². The smallest absolute Gasteiger partial charge is 0.132 e. The predicted molar refractivity (Wildman–Crippen MR) is 129 cm³/mol. The lowest BCUT2D eigenvalue weighted by Gasteiger charge is -2.20. The third-order valence-corrected chi connectivity index (χ3v) is 5.98. The van der Waals surface area contributed by atoms with Crippen molar-refractivity contribution in [2.75, 3.05) is 27.9 Å². The van der Waals surface area contributed by atoms with Crippen molar-refractivity contribution >= 4 is 0 Å². The van der Waals surface area contributed by atoms with Crippen LogP contribution in [0.15, 0.2) is 72.8 Å². The van der Waals surface area contributed by atoms with Crippen molar-refractivity contribution in [2.24, 2.45) is 0 Å². The van der Waals surface area contributed by atoms with E-state index >= 15 is 0 Å². The van der Waals surface area contributed by atoms with E-state index in [0.29, 0.717) is 43.5 Å². The number of hydrogen-bond donors (Lipinski definition) is 0. The summed E-state index contributed by atoms with van der Waals surface area (Å²) in [7, 11) is 4.89. The monoisotopic (exact) mass is 464 g/mol. The zero-order valence-corrected chi connectivity index (χ0v) is 19.9. The van der Waals surface area contributed by atoms with Gasteiger partial charge in [0.25, 0.3) is 0 Å². The molecule has 0 unspecified atom stereocenters. The van der Waals surface area contributed by atoms with E-state index < -0.39 is 0 Å². The number of ether oxygens (including phenoxy) is 6. The largest absolute Gasteiger partial charge is 0.496 e. The van der Waals surface area contributed by atoms with Crippen molar-refractivity contribution in [3.8, 4) is 17.2 Å². The highest BCUT2D eigenvalue weighted by Gasteiger charge is 2.39. The minimum absolute atomic E-state index is 0.141. The first kappa shape index (κ1) is 24.1. The highest BCUT2D eigenvalue weighted by Crippen LogP contribution is 2.45. The summed E-state index contributed by atoms with van der Waals surface area (Å²) in [5, 5.41) is 0. The molecule has 180 valence electrons. The van der Waals surface area contributed by atoms with Crippen LogP contribution in [0, 0.1) is 0 Å². The van der Waals surface area contributed by atoms with E-state index in [1.165, 1.54) is 0 Å². The molecule has 3 aromatic carbocycles. The molecule has 0 spiro atoms. The summed E-state index contributed by atoms with van der Waals surface area (Å²) in [4.78, 5) is 0. The Hall–Kier alpha value is -3.06. The summed E-state index contributed by atoms with van der Waals surface area (Å²) in [6.45, 7) is 1.45. The van der Waals surface area contributed by atoms with E-state index in [9.17, 15) is 0 Å². The van der Waals surface area contributed by atoms with Gasteiger partial charge in [-0.3, -0.25) is 0 Å². The van der Waals surface area contributed by atoms with Gasteiger partial charge in [0.15, 0.2) is 0 Å². The average molecular weight is 465 g/mol. The van der Waals surface area contributed by atoms with Gasteiger partial charge in [0, 0.05) is 18.6 Å². The Morgan fingerprint density at radius 3 is 1.91 bits per heavy atom. The van der Waals surface area contributed by atoms with Crippen molar-refractivity contribution in [2.45, 2.75) is 37.9 Å². The summed E-state index contributed by atoms with van der Waals surface area (Å²) in [6, 6.07) is 24.0. The molecule has 0 saturated carbocycles. The molecular formula is C28H32O6. The molecule has 6 heteroatoms. The van der Waals surface area contributed by atoms with Gasteiger partial charge in [0.1, 0.15) is 23.4 Å². The molecule has 0 aliphatic carbocycles. The van der Waals surface area contributed by atoms with Gasteiger partial charge in [-0.05, 0) is 11.1 Å². The zero-order valence-electron chi connectivity index (χ0n) is 19.9. The Labute approximate surface area is 201 Å². The molecule has 0 amide bonds. The molecule has 34 heavy (non-hydrogen) atoms. The number of methoxy groups -OCH3 is 3. The van der Waals surface area contributed by atoms with E-state index in [1.54, 1.807) is 21.3 Å². The molecule has 1 heterocycles. The van der Waals surface area contributed by atoms with E-state index in [-0.39, 0.29) is 18.3 Å². The summed E-state index contributed by atoms with van der Waals surface area (Å²) < 4.78 is 35.6. The first-order valence-corrected chi connectivity index (χ1v) is 11.4. The Morgan fingerprint density at radius 1 is 0.765 bits per heavy atom. The Kier molecular flexibility index (Phi) is 8.41. The lowest BCUT2D eigenvalue weighted by molar-refractivity contribution is -0.0719. The third kappa shape index (κ3) is 5.89. The standard InChI is InChI=1S/C28H32O6/c1-29-22-14-24(30-2)28(25(15-22)31-3)26-16-23(33-18-21-12-8-5-9-13-21)27(34-26)19-32-17-20-10-6-4-7-11-20/h4-15,23,26-27H,16-19H2,1-3H3/t23-,26-,27+/m0/s1. The maximum Gasteiger partial charge on any atom is 0.132 e. The number of hydrogen-bond acceptors (Lipinski definition) is 6. The fourth-order valence-electron chi connectivity index (χ4n) is 4.22. The van der Waals surface area contributed by atoms with Crippen LogP contribution in [-0.4, -0.2) is 40.1 Å². The highest BCUT2D eigenvalue weighted by atomic mass is 16.6. The van der Waals surface area contributed by atoms with Gasteiger partial charge in [-0.1, -0.05) is 60.7 Å². The molecule has 0 N–H and O–H groups in total. The van der Waals surface area contributed by atoms with Crippen molar-refractivity contribution in [1.82, 2.24) is 0 Å². The Balaban J connectivity index is 1.51. The minimum Gasteiger partial charge on any atom is -0.496 e. The second-order valence-corrected chi connectivity index (χ2v) is 8.18. The van der Waals surface area contributed by atoms with Gasteiger partial charge in [0.05, 0.1) is 58.9 Å². The average Bonchev–Trinajstić information content (AvgIpc) is 3.30. The third-order valence-electron chi connectivity index (χ3n) is 5.98. The second-order valence-electron chi connectivity index (χ2n) is 8.18. The van der Waals surface area contributed by atoms with Crippen LogP contribution in [-0.2, 0) is 27.4 Å². The molecule has 3 aromatic rings. The normalized spacial score (nSPS) is 19.7. The SMILES string of the molecule is COc1cc(OC)c([C@@H]2C[C@H](OCc3ccccc3)[C@@H](COCc3ccccc3)O2)c(OC)c1. The van der Waals surface area contributed by atoms with Crippen molar-refractivity contribution in [3.63, 3.8) is 0 Å². The van der Waals surface area contributed by atoms with E-state index in [1.807, 2.05) is 48.5 Å². The molecule has 1 aliphatic heterocycles. The van der Waals surface area contributed by atoms with Crippen LogP contribution in [0.1, 0.15) is 29.2 Å². The van der Waals surface area contributed by atoms with Crippen LogP contribution >= 0.6 is 0 Å². The maximum absolute atomic E-state index is 6.49. The fourth-order valence-corrected chi connectivity index (χ4v) is 4.22. The summed E-state index contributed by atoms with van der Waals surface area (Å²) in [6.07, 6.45) is 0.0268. The van der Waals surface area contributed by atoms with Gasteiger partial charge in [-0.25, -0.2) is 0 Å². The number of rotatable bonds is 11. The van der Waals surface area contributed by atoms with Crippen LogP contribution < -0.4 is 14.2 Å². The van der Waals surface area contributed by atoms with Crippen molar-refractivity contribution in [3.05, 3.63) is 89.5 Å². The van der Waals surface area contributed by atoms with E-state index in [2.05, 4.69) is 24.3 Å². The molecule has 1 saturated heterocycles. The molecule has 6 nitrogen and oxygen atoms in total. The first-order valence-electron chi connectivity index (χ1n) is 11.4.